The summed E-state index contributed by atoms with van der Waals surface area (Å²) in [6.45, 7) is 2.06. The second-order valence-electron chi connectivity index (χ2n) is 6.65. The van der Waals surface area contributed by atoms with Crippen molar-refractivity contribution in [1.29, 1.82) is 0 Å². The van der Waals surface area contributed by atoms with Gasteiger partial charge in [0, 0.05) is 25.8 Å². The van der Waals surface area contributed by atoms with Gasteiger partial charge in [-0.3, -0.25) is 9.78 Å². The molecule has 4 rings (SSSR count). The van der Waals surface area contributed by atoms with Crippen molar-refractivity contribution in [2.75, 3.05) is 13.1 Å². The number of aromatic amines is 2. The predicted octanol–water partition coefficient (Wildman–Crippen LogP) is 2.02. The van der Waals surface area contributed by atoms with Crippen LogP contribution in [0.25, 0.3) is 11.0 Å². The number of likely N-dealkylation sites (tertiary alicyclic amines) is 1. The third kappa shape index (κ3) is 2.37. The summed E-state index contributed by atoms with van der Waals surface area (Å²) in [6, 6.07) is 1.88. The Hall–Kier alpha value is -2.09. The van der Waals surface area contributed by atoms with Crippen LogP contribution in [0.5, 0.6) is 0 Å². The van der Waals surface area contributed by atoms with Crippen LogP contribution >= 0.6 is 12.2 Å². The Labute approximate surface area is 136 Å². The number of hydrogen-bond acceptors (Lipinski definition) is 3. The van der Waals surface area contributed by atoms with E-state index < -0.39 is 6.09 Å². The zero-order valence-corrected chi connectivity index (χ0v) is 13.3. The Morgan fingerprint density at radius 3 is 2.70 bits per heavy atom. The number of hydrogen-bond donors (Lipinski definition) is 3. The van der Waals surface area contributed by atoms with E-state index in [2.05, 4.69) is 9.97 Å². The first kappa shape index (κ1) is 14.5. The van der Waals surface area contributed by atoms with Crippen LogP contribution in [0.2, 0.25) is 0 Å². The Balaban J connectivity index is 1.55. The number of amides is 1. The van der Waals surface area contributed by atoms with E-state index in [9.17, 15) is 9.59 Å². The second-order valence-corrected chi connectivity index (χ2v) is 7.04. The lowest BCUT2D eigenvalue weighted by atomic mass is 10.0. The zero-order chi connectivity index (χ0) is 16.1. The van der Waals surface area contributed by atoms with Crippen molar-refractivity contribution in [1.82, 2.24) is 19.4 Å². The molecule has 0 bridgehead atoms. The summed E-state index contributed by atoms with van der Waals surface area (Å²) in [7, 11) is 0. The molecule has 3 N–H and O–H groups in total. The van der Waals surface area contributed by atoms with E-state index >= 15 is 0 Å². The fourth-order valence-electron chi connectivity index (χ4n) is 4.27. The minimum atomic E-state index is -0.812. The first-order valence-corrected chi connectivity index (χ1v) is 8.22. The van der Waals surface area contributed by atoms with Crippen molar-refractivity contribution in [2.45, 2.75) is 19.4 Å². The third-order valence-electron chi connectivity index (χ3n) is 5.27. The van der Waals surface area contributed by atoms with Crippen LogP contribution in [0.3, 0.4) is 0 Å². The van der Waals surface area contributed by atoms with E-state index in [1.807, 2.05) is 10.6 Å². The van der Waals surface area contributed by atoms with Crippen LogP contribution < -0.4 is 5.56 Å². The smallest absolute Gasteiger partial charge is 0.407 e. The van der Waals surface area contributed by atoms with E-state index in [1.165, 1.54) is 4.90 Å². The average molecular weight is 334 g/mol. The second kappa shape index (κ2) is 5.23. The standard InChI is InChI=1S/C15H18N4O3S/c20-13-12-11(1-2-16-12)19(14(23)17-13)5-8-3-9-6-18(15(21)22)7-10(9)4-8/h1-2,8-10,16H,3-7H2,(H,21,22)(H,17,20,23). The number of fused-ring (bicyclic) bond motifs is 2. The molecule has 1 aliphatic heterocycles. The van der Waals surface area contributed by atoms with Crippen molar-refractivity contribution in [3.63, 3.8) is 0 Å². The Bertz CT molecular complexity index is 869. The number of H-pyrrole nitrogens is 2. The Morgan fingerprint density at radius 2 is 2.04 bits per heavy atom. The van der Waals surface area contributed by atoms with Gasteiger partial charge in [0.2, 0.25) is 0 Å². The summed E-state index contributed by atoms with van der Waals surface area (Å²) in [5.41, 5.74) is 1.20. The molecule has 122 valence electrons. The van der Waals surface area contributed by atoms with Gasteiger partial charge in [0.05, 0.1) is 5.52 Å². The van der Waals surface area contributed by atoms with Crippen molar-refractivity contribution in [3.8, 4) is 0 Å². The molecule has 0 spiro atoms. The highest BCUT2D eigenvalue weighted by atomic mass is 32.1. The molecule has 2 aliphatic rings. The topological polar surface area (TPSA) is 94.1 Å². The van der Waals surface area contributed by atoms with Gasteiger partial charge in [-0.2, -0.15) is 0 Å². The maximum atomic E-state index is 11.9. The Kier molecular flexibility index (Phi) is 3.29. The quantitative estimate of drug-likeness (QED) is 0.733. The molecule has 2 aromatic rings. The van der Waals surface area contributed by atoms with E-state index in [4.69, 9.17) is 17.3 Å². The molecule has 1 aliphatic carbocycles. The highest BCUT2D eigenvalue weighted by Gasteiger charge is 2.42. The monoisotopic (exact) mass is 334 g/mol. The summed E-state index contributed by atoms with van der Waals surface area (Å²) in [6.07, 6.45) is 2.97. The maximum absolute atomic E-state index is 11.9. The lowest BCUT2D eigenvalue weighted by Crippen LogP contribution is -2.28. The molecule has 23 heavy (non-hydrogen) atoms. The van der Waals surface area contributed by atoms with Gasteiger partial charge in [-0.05, 0) is 48.9 Å². The van der Waals surface area contributed by atoms with Gasteiger partial charge >= 0.3 is 6.09 Å². The van der Waals surface area contributed by atoms with Gasteiger partial charge < -0.3 is 19.6 Å². The van der Waals surface area contributed by atoms with Gasteiger partial charge in [0.25, 0.3) is 5.56 Å². The average Bonchev–Trinajstić information content (AvgIpc) is 3.16. The number of rotatable bonds is 2. The van der Waals surface area contributed by atoms with E-state index in [1.54, 1.807) is 6.20 Å². The molecule has 1 saturated carbocycles. The largest absolute Gasteiger partial charge is 0.465 e. The van der Waals surface area contributed by atoms with Gasteiger partial charge in [0.1, 0.15) is 5.52 Å². The fourth-order valence-corrected chi connectivity index (χ4v) is 4.54. The summed E-state index contributed by atoms with van der Waals surface area (Å²) >= 11 is 5.33. The molecule has 2 fully saturated rings. The number of carboxylic acid groups (broad SMARTS) is 1. The van der Waals surface area contributed by atoms with Crippen molar-refractivity contribution >= 4 is 29.3 Å². The summed E-state index contributed by atoms with van der Waals surface area (Å²) in [5, 5.41) is 9.10. The molecular weight excluding hydrogens is 316 g/mol. The number of carbonyl (C=O) groups is 1. The van der Waals surface area contributed by atoms with Crippen molar-refractivity contribution in [3.05, 3.63) is 27.4 Å². The van der Waals surface area contributed by atoms with Gasteiger partial charge in [0.15, 0.2) is 4.77 Å². The van der Waals surface area contributed by atoms with Crippen molar-refractivity contribution in [2.24, 2.45) is 17.8 Å². The molecule has 1 amide bonds. The number of nitrogens with zero attached hydrogens (tertiary/aromatic N) is 2. The first-order chi connectivity index (χ1) is 11.0. The third-order valence-corrected chi connectivity index (χ3v) is 5.59. The van der Waals surface area contributed by atoms with Crippen LogP contribution in [0.4, 0.5) is 4.79 Å². The van der Waals surface area contributed by atoms with Crippen LogP contribution in [-0.2, 0) is 6.54 Å². The molecule has 3 heterocycles. The molecule has 2 unspecified atom stereocenters. The van der Waals surface area contributed by atoms with Crippen LogP contribution in [0.1, 0.15) is 12.8 Å². The molecule has 2 aromatic heterocycles. The lowest BCUT2D eigenvalue weighted by molar-refractivity contribution is 0.151. The molecule has 1 saturated heterocycles. The maximum Gasteiger partial charge on any atom is 0.407 e. The molecular formula is C15H18N4O3S. The van der Waals surface area contributed by atoms with Crippen LogP contribution in [-0.4, -0.2) is 43.7 Å². The molecule has 8 heteroatoms. The molecule has 2 atom stereocenters. The summed E-state index contributed by atoms with van der Waals surface area (Å²) in [4.78, 5) is 30.2. The highest BCUT2D eigenvalue weighted by Crippen LogP contribution is 2.42. The normalized spacial score (nSPS) is 26.8. The number of aromatic nitrogens is 3. The summed E-state index contributed by atoms with van der Waals surface area (Å²) < 4.78 is 2.44. The number of nitrogens with one attached hydrogen (secondary N) is 2. The zero-order valence-electron chi connectivity index (χ0n) is 12.5. The van der Waals surface area contributed by atoms with Gasteiger partial charge in [-0.25, -0.2) is 4.79 Å². The van der Waals surface area contributed by atoms with E-state index in [0.29, 0.717) is 41.1 Å². The Morgan fingerprint density at radius 1 is 1.35 bits per heavy atom. The SMILES string of the molecule is O=C(O)N1CC2CC(Cn3c(=S)[nH]c(=O)c4[nH]ccc43)CC2C1. The van der Waals surface area contributed by atoms with Gasteiger partial charge in [-0.15, -0.1) is 0 Å². The predicted molar refractivity (Wildman–Crippen MR) is 87.0 cm³/mol. The molecule has 0 aromatic carbocycles. The lowest BCUT2D eigenvalue weighted by Gasteiger charge is -2.18. The summed E-state index contributed by atoms with van der Waals surface area (Å²) in [5.74, 6) is 1.38. The highest BCUT2D eigenvalue weighted by molar-refractivity contribution is 7.71. The minimum absolute atomic E-state index is 0.188. The van der Waals surface area contributed by atoms with E-state index in [-0.39, 0.29) is 5.56 Å². The van der Waals surface area contributed by atoms with Crippen LogP contribution in [0.15, 0.2) is 17.1 Å². The van der Waals surface area contributed by atoms with Crippen LogP contribution in [0, 0.1) is 22.5 Å². The fraction of sp³-hybridized carbons (Fsp3) is 0.533. The van der Waals surface area contributed by atoms with E-state index in [0.717, 1.165) is 24.9 Å². The molecule has 0 radical (unpaired) electrons. The molecule has 7 nitrogen and oxygen atoms in total. The first-order valence-electron chi connectivity index (χ1n) is 7.81. The minimum Gasteiger partial charge on any atom is -0.465 e. The van der Waals surface area contributed by atoms with Crippen molar-refractivity contribution < 1.29 is 9.90 Å². The van der Waals surface area contributed by atoms with Gasteiger partial charge in [-0.1, -0.05) is 0 Å².